The summed E-state index contributed by atoms with van der Waals surface area (Å²) in [7, 11) is -9.83. The van der Waals surface area contributed by atoms with E-state index in [1.165, 1.54) is 51.4 Å². The van der Waals surface area contributed by atoms with Crippen molar-refractivity contribution < 1.29 is 75.8 Å². The summed E-state index contributed by atoms with van der Waals surface area (Å²) in [5.41, 5.74) is 0. The van der Waals surface area contributed by atoms with Crippen LogP contribution in [0.15, 0.2) is 194 Å². The molecule has 0 spiro atoms. The van der Waals surface area contributed by atoms with Crippen molar-refractivity contribution in [3.63, 3.8) is 0 Å². The quantitative estimate of drug-likeness (QED) is 0.0146. The molecule has 16 nitrogen and oxygen atoms in total. The summed E-state index contributed by atoms with van der Waals surface area (Å²) in [5.74, 6) is -1.65. The van der Waals surface area contributed by atoms with Crippen molar-refractivity contribution in [3.05, 3.63) is 194 Å². The van der Waals surface area contributed by atoms with E-state index in [0.717, 1.165) is 173 Å². The van der Waals surface area contributed by atoms with Gasteiger partial charge in [0.15, 0.2) is 6.10 Å². The SMILES string of the molecule is CC/C=C\C/C=C\C/C=C\C/C=C\C/C=C\C/C=C\CCCCC(=O)OC(COC(=O)CCCCCCCCCCC/C=C\C/C=C\C/C=C\C/C=C\C/C=C\CC)COP(=O)(O)OCC(O)COP(=O)(O)OCC(O)COC(=O)CCCCCCCCCCC/C=C\C/C=C\C/C=C\C/C=C\C/C=C\CC. The lowest BCUT2D eigenvalue weighted by Crippen LogP contribution is -2.30. The fourth-order valence-electron chi connectivity index (χ4n) is 10.2. The highest BCUT2D eigenvalue weighted by molar-refractivity contribution is 7.47. The molecule has 0 rings (SSSR count). The highest BCUT2D eigenvalue weighted by atomic mass is 31.2. The van der Waals surface area contributed by atoms with E-state index in [1.807, 2.05) is 0 Å². The Morgan fingerprint density at radius 1 is 0.262 bits per heavy atom. The molecule has 0 amide bonds. The van der Waals surface area contributed by atoms with Gasteiger partial charge in [0, 0.05) is 19.3 Å². The third-order valence-electron chi connectivity index (χ3n) is 16.3. The molecule has 4 N–H and O–H groups in total. The van der Waals surface area contributed by atoms with Gasteiger partial charge in [-0.3, -0.25) is 32.5 Å². The first-order chi connectivity index (χ1) is 52.2. The van der Waals surface area contributed by atoms with Gasteiger partial charge in [0.05, 0.1) is 26.4 Å². The first kappa shape index (κ1) is 101. The van der Waals surface area contributed by atoms with Crippen LogP contribution in [0.5, 0.6) is 0 Å². The van der Waals surface area contributed by atoms with Gasteiger partial charge in [0.25, 0.3) is 0 Å². The molecule has 0 heterocycles. The van der Waals surface area contributed by atoms with E-state index in [9.17, 15) is 43.5 Å². The molecule has 0 saturated heterocycles. The van der Waals surface area contributed by atoms with Crippen LogP contribution in [0.3, 0.4) is 0 Å². The molecule has 0 aliphatic carbocycles. The summed E-state index contributed by atoms with van der Waals surface area (Å²) >= 11 is 0. The van der Waals surface area contributed by atoms with Crippen LogP contribution in [-0.4, -0.2) is 95.9 Å². The predicted molar refractivity (Wildman–Crippen MR) is 444 cm³/mol. The number of rotatable bonds is 75. The van der Waals surface area contributed by atoms with Gasteiger partial charge in [-0.05, 0) is 161 Å². The highest BCUT2D eigenvalue weighted by Crippen LogP contribution is 2.45. The number of carbonyl (C=O) groups is 3. The monoisotopic (exact) mass is 1530 g/mol. The van der Waals surface area contributed by atoms with Crippen LogP contribution in [0.1, 0.15) is 290 Å². The minimum absolute atomic E-state index is 0.0402. The predicted octanol–water partition coefficient (Wildman–Crippen LogP) is 24.3. The van der Waals surface area contributed by atoms with Gasteiger partial charge in [-0.1, -0.05) is 305 Å². The third-order valence-corrected chi connectivity index (χ3v) is 18.2. The van der Waals surface area contributed by atoms with Crippen molar-refractivity contribution in [2.75, 3.05) is 39.6 Å². The van der Waals surface area contributed by atoms with Crippen LogP contribution in [0.25, 0.3) is 0 Å². The minimum Gasteiger partial charge on any atom is -0.463 e. The van der Waals surface area contributed by atoms with Crippen LogP contribution in [-0.2, 0) is 55.8 Å². The Balaban J connectivity index is 4.75. The Morgan fingerprint density at radius 3 is 0.757 bits per heavy atom. The minimum atomic E-state index is -4.96. The van der Waals surface area contributed by atoms with Crippen molar-refractivity contribution in [2.45, 2.75) is 309 Å². The zero-order valence-corrected chi connectivity index (χ0v) is 68.0. The smallest absolute Gasteiger partial charge is 0.463 e. The average molecular weight is 1530 g/mol. The summed E-state index contributed by atoms with van der Waals surface area (Å²) in [6.45, 7) is 2.26. The molecule has 107 heavy (non-hydrogen) atoms. The van der Waals surface area contributed by atoms with Crippen LogP contribution >= 0.6 is 15.6 Å². The van der Waals surface area contributed by atoms with Crippen molar-refractivity contribution in [1.29, 1.82) is 0 Å². The van der Waals surface area contributed by atoms with Gasteiger partial charge in [-0.15, -0.1) is 0 Å². The van der Waals surface area contributed by atoms with Crippen LogP contribution < -0.4 is 0 Å². The molecule has 0 radical (unpaired) electrons. The van der Waals surface area contributed by atoms with E-state index in [0.29, 0.717) is 25.7 Å². The molecule has 0 aliphatic rings. The fourth-order valence-corrected chi connectivity index (χ4v) is 11.8. The summed E-state index contributed by atoms with van der Waals surface area (Å²) < 4.78 is 61.2. The molecule has 0 saturated carbocycles. The third kappa shape index (κ3) is 81.2. The maximum absolute atomic E-state index is 13.0. The van der Waals surface area contributed by atoms with Gasteiger partial charge in [0.1, 0.15) is 25.4 Å². The average Bonchev–Trinajstić information content (AvgIpc) is 0.989. The Labute approximate surface area is 648 Å². The van der Waals surface area contributed by atoms with Gasteiger partial charge in [-0.2, -0.15) is 0 Å². The number of aliphatic hydroxyl groups is 2. The summed E-state index contributed by atoms with van der Waals surface area (Å²) in [5, 5.41) is 20.7. The van der Waals surface area contributed by atoms with Crippen LogP contribution in [0.4, 0.5) is 0 Å². The van der Waals surface area contributed by atoms with Crippen molar-refractivity contribution in [2.24, 2.45) is 0 Å². The maximum Gasteiger partial charge on any atom is 0.472 e. The van der Waals surface area contributed by atoms with Gasteiger partial charge >= 0.3 is 33.6 Å². The van der Waals surface area contributed by atoms with Gasteiger partial charge in [0.2, 0.25) is 0 Å². The van der Waals surface area contributed by atoms with Crippen LogP contribution in [0, 0.1) is 0 Å². The first-order valence-corrected chi connectivity index (χ1v) is 43.7. The highest BCUT2D eigenvalue weighted by Gasteiger charge is 2.29. The summed E-state index contributed by atoms with van der Waals surface area (Å²) in [4.78, 5) is 58.8. The number of hydrogen-bond acceptors (Lipinski definition) is 14. The molecular formula is C89H144O16P2. The Hall–Kier alpha value is -5.61. The molecule has 606 valence electrons. The standard InChI is InChI=1S/C89H144O16P2/c1-4-7-10-13-16-19-22-25-28-31-34-37-39-41-43-46-48-51-54-57-60-63-66-69-72-75-87(92)99-78-84(90)79-101-106(95,96)102-80-85(91)81-103-107(97,98)104-83-86(105-89(94)77-74-71-68-65-62-59-56-53-50-45-36-33-30-27-24-21-18-15-12-9-6-3)82-100-88(93)76-73-70-67-64-61-58-55-52-49-47-44-42-40-38-35-32-29-26-23-20-17-14-11-8-5-2/h7-12,16-21,25-30,34-38,41-45,53,56,62,65,84-86,90-91H,4-6,13-15,22-24,31-33,39-40,46-52,54-55,57-61,63-64,66-83H2,1-3H3,(H,95,96)(H,97,98)/b10-7-,11-8-,12-9-,19-16-,20-17-,21-18-,28-25-,29-26-,30-27-,37-34-,38-35-,43-41-,44-42-,45-36-,56-53-,65-62-. The largest absolute Gasteiger partial charge is 0.472 e. The topological polar surface area (TPSA) is 231 Å². The molecule has 0 aromatic rings. The maximum atomic E-state index is 13.0. The molecular weight excluding hydrogens is 1390 g/mol. The number of esters is 3. The number of hydrogen-bond donors (Lipinski definition) is 4. The number of aliphatic hydroxyl groups excluding tert-OH is 2. The molecule has 5 atom stereocenters. The summed E-state index contributed by atoms with van der Waals surface area (Å²) in [6, 6.07) is 0. The zero-order chi connectivity index (χ0) is 78.0. The van der Waals surface area contributed by atoms with E-state index in [-0.39, 0.29) is 19.3 Å². The summed E-state index contributed by atoms with van der Waals surface area (Å²) in [6.07, 6.45) is 105. The van der Waals surface area contributed by atoms with E-state index >= 15 is 0 Å². The molecule has 0 aromatic heterocycles. The Morgan fingerprint density at radius 2 is 0.467 bits per heavy atom. The number of phosphoric ester groups is 2. The van der Waals surface area contributed by atoms with Gasteiger partial charge in [-0.25, -0.2) is 9.13 Å². The lowest BCUT2D eigenvalue weighted by atomic mass is 10.1. The van der Waals surface area contributed by atoms with E-state index in [4.69, 9.17) is 32.3 Å². The van der Waals surface area contributed by atoms with Crippen molar-refractivity contribution >= 4 is 33.6 Å². The molecule has 0 fully saturated rings. The second-order valence-electron chi connectivity index (χ2n) is 26.4. The molecule has 0 aliphatic heterocycles. The lowest BCUT2D eigenvalue weighted by Gasteiger charge is -2.21. The normalized spacial score (nSPS) is 14.9. The van der Waals surface area contributed by atoms with E-state index < -0.39 is 91.5 Å². The molecule has 0 bridgehead atoms. The second kappa shape index (κ2) is 79.9. The second-order valence-corrected chi connectivity index (χ2v) is 29.3. The number of unbranched alkanes of at least 4 members (excludes halogenated alkanes) is 20. The Bertz CT molecular complexity index is 2720. The molecule has 18 heteroatoms. The number of carbonyl (C=O) groups excluding carboxylic acids is 3. The van der Waals surface area contributed by atoms with E-state index in [1.54, 1.807) is 0 Å². The lowest BCUT2D eigenvalue weighted by molar-refractivity contribution is -0.161. The van der Waals surface area contributed by atoms with Gasteiger partial charge < -0.3 is 34.2 Å². The molecule has 0 aromatic carbocycles. The van der Waals surface area contributed by atoms with Crippen LogP contribution in [0.2, 0.25) is 0 Å². The Kier molecular flexibility index (Phi) is 75.7. The zero-order valence-electron chi connectivity index (χ0n) is 66.2. The van der Waals surface area contributed by atoms with Crippen molar-refractivity contribution in [3.8, 4) is 0 Å². The number of phosphoric acid groups is 2. The number of ether oxygens (including phenoxy) is 3. The number of allylic oxidation sites excluding steroid dienone is 32. The fraction of sp³-hybridized carbons (Fsp3) is 0.607. The van der Waals surface area contributed by atoms with Crippen molar-refractivity contribution in [1.82, 2.24) is 0 Å². The van der Waals surface area contributed by atoms with E-state index in [2.05, 4.69) is 215 Å². The molecule has 5 unspecified atom stereocenters. The first-order valence-electron chi connectivity index (χ1n) is 40.7.